The van der Waals surface area contributed by atoms with Gasteiger partial charge >= 0.3 is 0 Å². The molecular formula is C16H29N3. The molecule has 0 amide bonds. The van der Waals surface area contributed by atoms with Crippen LogP contribution in [0.1, 0.15) is 39.9 Å². The molecule has 19 heavy (non-hydrogen) atoms. The fourth-order valence-corrected chi connectivity index (χ4v) is 3.29. The lowest BCUT2D eigenvalue weighted by molar-refractivity contribution is 0.263. The summed E-state index contributed by atoms with van der Waals surface area (Å²) in [6.07, 6.45) is 6.45. The Bertz CT molecular complexity index is 373. The Balaban J connectivity index is 1.75. The number of aromatic nitrogens is 2. The van der Waals surface area contributed by atoms with Crippen LogP contribution in [0.5, 0.6) is 0 Å². The molecule has 1 N–H and O–H groups in total. The second kappa shape index (κ2) is 6.56. The zero-order valence-electron chi connectivity index (χ0n) is 12.9. The summed E-state index contributed by atoms with van der Waals surface area (Å²) in [7, 11) is 0. The molecule has 0 saturated carbocycles. The van der Waals surface area contributed by atoms with Crippen LogP contribution >= 0.6 is 0 Å². The van der Waals surface area contributed by atoms with Crippen LogP contribution in [0.2, 0.25) is 0 Å². The summed E-state index contributed by atoms with van der Waals surface area (Å²) in [6, 6.07) is 0. The number of aryl methyl sites for hydroxylation is 1. The Morgan fingerprint density at radius 2 is 2.05 bits per heavy atom. The van der Waals surface area contributed by atoms with Crippen LogP contribution in [-0.4, -0.2) is 22.6 Å². The molecular weight excluding hydrogens is 234 g/mol. The predicted octanol–water partition coefficient (Wildman–Crippen LogP) is 2.96. The molecule has 1 aromatic heterocycles. The van der Waals surface area contributed by atoms with Gasteiger partial charge < -0.3 is 9.88 Å². The van der Waals surface area contributed by atoms with Crippen molar-refractivity contribution in [2.45, 2.75) is 47.1 Å². The molecule has 2 heterocycles. The van der Waals surface area contributed by atoms with Crippen molar-refractivity contribution in [1.29, 1.82) is 0 Å². The van der Waals surface area contributed by atoms with E-state index in [1.54, 1.807) is 0 Å². The maximum atomic E-state index is 4.44. The maximum absolute atomic E-state index is 4.44. The largest absolute Gasteiger partial charge is 0.335 e. The smallest absolute Gasteiger partial charge is 0.108 e. The Morgan fingerprint density at radius 1 is 1.32 bits per heavy atom. The molecule has 0 aliphatic carbocycles. The second-order valence-electron chi connectivity index (χ2n) is 6.71. The number of nitrogens with one attached hydrogen (secondary N) is 1. The summed E-state index contributed by atoms with van der Waals surface area (Å²) >= 11 is 0. The molecule has 1 aliphatic heterocycles. The minimum absolute atomic E-state index is 0.759. The third kappa shape index (κ3) is 3.82. The highest BCUT2D eigenvalue weighted by Crippen LogP contribution is 2.21. The van der Waals surface area contributed by atoms with Crippen molar-refractivity contribution in [3.8, 4) is 0 Å². The van der Waals surface area contributed by atoms with Gasteiger partial charge in [-0.3, -0.25) is 0 Å². The third-order valence-electron chi connectivity index (χ3n) is 4.58. The van der Waals surface area contributed by atoms with E-state index in [4.69, 9.17) is 0 Å². The minimum atomic E-state index is 0.759. The Labute approximate surface area is 117 Å². The van der Waals surface area contributed by atoms with Gasteiger partial charge in [0, 0.05) is 25.4 Å². The summed E-state index contributed by atoms with van der Waals surface area (Å²) in [5.74, 6) is 4.33. The lowest BCUT2D eigenvalue weighted by atomic mass is 9.85. The number of imidazole rings is 1. The van der Waals surface area contributed by atoms with Crippen molar-refractivity contribution in [1.82, 2.24) is 14.9 Å². The molecule has 3 nitrogen and oxygen atoms in total. The lowest BCUT2D eigenvalue weighted by Crippen LogP contribution is -2.35. The monoisotopic (exact) mass is 263 g/mol. The normalized spacial score (nSPS) is 19.4. The molecule has 0 spiro atoms. The molecule has 0 aromatic carbocycles. The average molecular weight is 263 g/mol. The predicted molar refractivity (Wildman–Crippen MR) is 80.1 cm³/mol. The van der Waals surface area contributed by atoms with Gasteiger partial charge in [0.1, 0.15) is 5.82 Å². The van der Waals surface area contributed by atoms with Gasteiger partial charge in [0.05, 0.1) is 0 Å². The Kier molecular flexibility index (Phi) is 5.03. The molecule has 0 radical (unpaired) electrons. The summed E-state index contributed by atoms with van der Waals surface area (Å²) in [5, 5.41) is 3.70. The molecule has 2 rings (SSSR count). The molecule has 0 unspecified atom stereocenters. The van der Waals surface area contributed by atoms with Crippen LogP contribution in [0.25, 0.3) is 0 Å². The first-order valence-electron chi connectivity index (χ1n) is 7.78. The highest BCUT2D eigenvalue weighted by molar-refractivity contribution is 4.97. The zero-order chi connectivity index (χ0) is 13.8. The van der Waals surface area contributed by atoms with Crippen LogP contribution in [0, 0.1) is 23.7 Å². The number of nitrogens with zero attached hydrogens (tertiary/aromatic N) is 2. The number of fused-ring (bicyclic) bond motifs is 1. The Morgan fingerprint density at radius 3 is 2.74 bits per heavy atom. The van der Waals surface area contributed by atoms with Gasteiger partial charge in [-0.25, -0.2) is 4.98 Å². The van der Waals surface area contributed by atoms with Crippen molar-refractivity contribution in [2.24, 2.45) is 23.7 Å². The summed E-state index contributed by atoms with van der Waals surface area (Å²) in [5.41, 5.74) is 0. The van der Waals surface area contributed by atoms with Gasteiger partial charge in [0.2, 0.25) is 0 Å². The van der Waals surface area contributed by atoms with Crippen LogP contribution in [0.4, 0.5) is 0 Å². The van der Waals surface area contributed by atoms with Crippen molar-refractivity contribution in [2.75, 3.05) is 13.1 Å². The van der Waals surface area contributed by atoms with E-state index in [0.29, 0.717) is 0 Å². The van der Waals surface area contributed by atoms with Crippen LogP contribution < -0.4 is 5.32 Å². The molecule has 1 atom stereocenters. The van der Waals surface area contributed by atoms with Crippen LogP contribution in [0.3, 0.4) is 0 Å². The van der Waals surface area contributed by atoms with Crippen molar-refractivity contribution < 1.29 is 0 Å². The van der Waals surface area contributed by atoms with E-state index in [9.17, 15) is 0 Å². The SMILES string of the molecule is CC(C)C(CNC[C@@H]1CCn2ccnc2C1)C(C)C. The average Bonchev–Trinajstić information content (AvgIpc) is 2.80. The van der Waals surface area contributed by atoms with Gasteiger partial charge in [-0.2, -0.15) is 0 Å². The van der Waals surface area contributed by atoms with Gasteiger partial charge in [0.25, 0.3) is 0 Å². The van der Waals surface area contributed by atoms with Crippen molar-refractivity contribution >= 4 is 0 Å². The summed E-state index contributed by atoms with van der Waals surface area (Å²) in [4.78, 5) is 4.44. The molecule has 108 valence electrons. The molecule has 0 saturated heterocycles. The van der Waals surface area contributed by atoms with E-state index in [2.05, 4.69) is 48.8 Å². The first kappa shape index (κ1) is 14.6. The van der Waals surface area contributed by atoms with Gasteiger partial charge in [0.15, 0.2) is 0 Å². The first-order valence-corrected chi connectivity index (χ1v) is 7.78. The summed E-state index contributed by atoms with van der Waals surface area (Å²) < 4.78 is 2.29. The van der Waals surface area contributed by atoms with Crippen LogP contribution in [0.15, 0.2) is 12.4 Å². The van der Waals surface area contributed by atoms with Crippen molar-refractivity contribution in [3.63, 3.8) is 0 Å². The standard InChI is InChI=1S/C16H29N3/c1-12(2)15(13(3)4)11-17-10-14-5-7-19-8-6-18-16(19)9-14/h6,8,12-15,17H,5,7,9-11H2,1-4H3/t14-/m1/s1. The van der Waals surface area contributed by atoms with E-state index in [1.165, 1.54) is 12.2 Å². The summed E-state index contributed by atoms with van der Waals surface area (Å²) in [6.45, 7) is 12.8. The van der Waals surface area contributed by atoms with E-state index >= 15 is 0 Å². The number of hydrogen-bond donors (Lipinski definition) is 1. The minimum Gasteiger partial charge on any atom is -0.335 e. The number of hydrogen-bond acceptors (Lipinski definition) is 2. The Hall–Kier alpha value is -0.830. The molecule has 1 aliphatic rings. The van der Waals surface area contributed by atoms with E-state index in [1.807, 2.05) is 6.20 Å². The topological polar surface area (TPSA) is 29.9 Å². The van der Waals surface area contributed by atoms with Crippen LogP contribution in [-0.2, 0) is 13.0 Å². The third-order valence-corrected chi connectivity index (χ3v) is 4.58. The fraction of sp³-hybridized carbons (Fsp3) is 0.812. The van der Waals surface area contributed by atoms with Gasteiger partial charge in [-0.1, -0.05) is 27.7 Å². The van der Waals surface area contributed by atoms with Gasteiger partial charge in [-0.15, -0.1) is 0 Å². The fourth-order valence-electron chi connectivity index (χ4n) is 3.29. The first-order chi connectivity index (χ1) is 9.08. The van der Waals surface area contributed by atoms with Gasteiger partial charge in [-0.05, 0) is 43.2 Å². The number of rotatable bonds is 6. The van der Waals surface area contributed by atoms with Crippen molar-refractivity contribution in [3.05, 3.63) is 18.2 Å². The lowest BCUT2D eigenvalue weighted by Gasteiger charge is -2.28. The zero-order valence-corrected chi connectivity index (χ0v) is 12.9. The second-order valence-corrected chi connectivity index (χ2v) is 6.71. The molecule has 0 bridgehead atoms. The maximum Gasteiger partial charge on any atom is 0.108 e. The highest BCUT2D eigenvalue weighted by atomic mass is 15.1. The molecule has 0 fully saturated rings. The van der Waals surface area contributed by atoms with E-state index in [-0.39, 0.29) is 0 Å². The molecule has 3 heteroatoms. The quantitative estimate of drug-likeness (QED) is 0.855. The van der Waals surface area contributed by atoms with E-state index in [0.717, 1.165) is 49.7 Å². The van der Waals surface area contributed by atoms with E-state index < -0.39 is 0 Å². The highest BCUT2D eigenvalue weighted by Gasteiger charge is 2.21. The molecule has 1 aromatic rings.